The first-order chi connectivity index (χ1) is 16.9. The van der Waals surface area contributed by atoms with Gasteiger partial charge in [-0.15, -0.1) is 0 Å². The molecule has 3 aromatic rings. The van der Waals surface area contributed by atoms with Crippen LogP contribution in [0.15, 0.2) is 83.8 Å². The molecule has 2 amide bonds. The number of ether oxygens (including phenoxy) is 1. The van der Waals surface area contributed by atoms with E-state index in [0.717, 1.165) is 4.31 Å². The van der Waals surface area contributed by atoms with Crippen molar-refractivity contribution in [2.75, 3.05) is 42.5 Å². The van der Waals surface area contributed by atoms with Crippen LogP contribution in [-0.2, 0) is 19.6 Å². The molecular formula is C25H24ClN3O5S. The topological polar surface area (TPSA) is 96.0 Å². The van der Waals surface area contributed by atoms with Gasteiger partial charge in [0.25, 0.3) is 15.9 Å². The predicted molar refractivity (Wildman–Crippen MR) is 134 cm³/mol. The van der Waals surface area contributed by atoms with E-state index in [4.69, 9.17) is 16.3 Å². The number of nitrogens with zero attached hydrogens (tertiary/aromatic N) is 2. The average molecular weight is 514 g/mol. The Bertz CT molecular complexity index is 1290. The van der Waals surface area contributed by atoms with Gasteiger partial charge in [-0.3, -0.25) is 13.9 Å². The van der Waals surface area contributed by atoms with Crippen LogP contribution in [0.2, 0.25) is 5.02 Å². The van der Waals surface area contributed by atoms with Gasteiger partial charge >= 0.3 is 0 Å². The minimum Gasteiger partial charge on any atom is -0.378 e. The monoisotopic (exact) mass is 513 g/mol. The Morgan fingerprint density at radius 3 is 2.23 bits per heavy atom. The molecule has 0 bridgehead atoms. The molecule has 1 N–H and O–H groups in total. The summed E-state index contributed by atoms with van der Waals surface area (Å²) in [5.41, 5.74) is 0.917. The van der Waals surface area contributed by atoms with E-state index in [1.165, 1.54) is 24.3 Å². The van der Waals surface area contributed by atoms with Crippen molar-refractivity contribution in [1.29, 1.82) is 0 Å². The second kappa shape index (κ2) is 10.9. The zero-order chi connectivity index (χ0) is 24.8. The van der Waals surface area contributed by atoms with Gasteiger partial charge in [-0.1, -0.05) is 41.9 Å². The molecule has 1 heterocycles. The average Bonchev–Trinajstić information content (AvgIpc) is 2.89. The Morgan fingerprint density at radius 1 is 0.914 bits per heavy atom. The number of sulfonamides is 1. The normalized spacial score (nSPS) is 13.8. The number of carbonyl (C=O) groups is 2. The van der Waals surface area contributed by atoms with E-state index < -0.39 is 22.5 Å². The first-order valence-corrected chi connectivity index (χ1v) is 12.8. The number of carbonyl (C=O) groups excluding carboxylic acids is 2. The standard InChI is InChI=1S/C25H24ClN3O5S/c26-19-10-12-20(13-11-19)29(35(32,33)21-6-2-1-3-7-21)18-24(30)27-23-9-5-4-8-22(23)25(31)28-14-16-34-17-15-28/h1-13H,14-18H2,(H,27,30). The van der Waals surface area contributed by atoms with Crippen molar-refractivity contribution in [2.45, 2.75) is 4.90 Å². The van der Waals surface area contributed by atoms with E-state index in [1.54, 1.807) is 59.5 Å². The smallest absolute Gasteiger partial charge is 0.264 e. The molecule has 0 aromatic heterocycles. The van der Waals surface area contributed by atoms with Crippen LogP contribution < -0.4 is 9.62 Å². The first kappa shape index (κ1) is 24.7. The van der Waals surface area contributed by atoms with Gasteiger partial charge in [0.15, 0.2) is 0 Å². The van der Waals surface area contributed by atoms with Crippen molar-refractivity contribution in [3.05, 3.63) is 89.4 Å². The molecule has 0 aliphatic carbocycles. The van der Waals surface area contributed by atoms with Gasteiger partial charge in [0.1, 0.15) is 6.54 Å². The fourth-order valence-electron chi connectivity index (χ4n) is 3.68. The van der Waals surface area contributed by atoms with Gasteiger partial charge in [-0.2, -0.15) is 0 Å². The van der Waals surface area contributed by atoms with Crippen molar-refractivity contribution in [3.63, 3.8) is 0 Å². The van der Waals surface area contributed by atoms with Crippen LogP contribution in [0, 0.1) is 0 Å². The molecule has 0 radical (unpaired) electrons. The van der Waals surface area contributed by atoms with Gasteiger partial charge in [0.05, 0.1) is 35.0 Å². The lowest BCUT2D eigenvalue weighted by atomic mass is 10.1. The van der Waals surface area contributed by atoms with Gasteiger partial charge in [0.2, 0.25) is 5.91 Å². The third kappa shape index (κ3) is 5.82. The Balaban J connectivity index is 1.60. The third-order valence-corrected chi connectivity index (χ3v) is 7.50. The molecule has 1 fully saturated rings. The highest BCUT2D eigenvalue weighted by atomic mass is 35.5. The van der Waals surface area contributed by atoms with Gasteiger partial charge in [-0.05, 0) is 48.5 Å². The summed E-state index contributed by atoms with van der Waals surface area (Å²) < 4.78 is 33.2. The highest BCUT2D eigenvalue weighted by Crippen LogP contribution is 2.26. The molecule has 1 aliphatic heterocycles. The molecular weight excluding hydrogens is 490 g/mol. The van der Waals surface area contributed by atoms with E-state index in [2.05, 4.69) is 5.32 Å². The molecule has 35 heavy (non-hydrogen) atoms. The summed E-state index contributed by atoms with van der Waals surface area (Å²) in [5.74, 6) is -0.822. The maximum Gasteiger partial charge on any atom is 0.264 e. The summed E-state index contributed by atoms with van der Waals surface area (Å²) in [4.78, 5) is 27.8. The molecule has 182 valence electrons. The molecule has 0 saturated carbocycles. The minimum atomic E-state index is -4.06. The van der Waals surface area contributed by atoms with Crippen LogP contribution in [0.4, 0.5) is 11.4 Å². The number of para-hydroxylation sites is 1. The van der Waals surface area contributed by atoms with E-state index in [-0.39, 0.29) is 16.5 Å². The predicted octanol–water partition coefficient (Wildman–Crippen LogP) is 3.65. The zero-order valence-corrected chi connectivity index (χ0v) is 20.3. The highest BCUT2D eigenvalue weighted by Gasteiger charge is 2.28. The molecule has 0 spiro atoms. The van der Waals surface area contributed by atoms with Crippen molar-refractivity contribution in [3.8, 4) is 0 Å². The SMILES string of the molecule is O=C(CN(c1ccc(Cl)cc1)S(=O)(=O)c1ccccc1)Nc1ccccc1C(=O)N1CCOCC1. The van der Waals surface area contributed by atoms with Crippen LogP contribution >= 0.6 is 11.6 Å². The molecule has 1 saturated heterocycles. The van der Waals surface area contributed by atoms with Crippen molar-refractivity contribution in [1.82, 2.24) is 4.90 Å². The fourth-order valence-corrected chi connectivity index (χ4v) is 5.25. The summed E-state index contributed by atoms with van der Waals surface area (Å²) in [6.07, 6.45) is 0. The molecule has 3 aromatic carbocycles. The van der Waals surface area contributed by atoms with E-state index in [0.29, 0.717) is 42.6 Å². The maximum absolute atomic E-state index is 13.4. The number of amides is 2. The van der Waals surface area contributed by atoms with Gasteiger partial charge in [-0.25, -0.2) is 8.42 Å². The van der Waals surface area contributed by atoms with Crippen molar-refractivity contribution < 1.29 is 22.7 Å². The van der Waals surface area contributed by atoms with Gasteiger partial charge < -0.3 is 15.0 Å². The van der Waals surface area contributed by atoms with E-state index in [9.17, 15) is 18.0 Å². The lowest BCUT2D eigenvalue weighted by Gasteiger charge is -2.28. The zero-order valence-electron chi connectivity index (χ0n) is 18.8. The highest BCUT2D eigenvalue weighted by molar-refractivity contribution is 7.92. The number of anilines is 2. The van der Waals surface area contributed by atoms with Crippen LogP contribution in [0.1, 0.15) is 10.4 Å². The van der Waals surface area contributed by atoms with Crippen molar-refractivity contribution >= 4 is 44.8 Å². The summed E-state index contributed by atoms with van der Waals surface area (Å²) in [7, 11) is -4.06. The lowest BCUT2D eigenvalue weighted by Crippen LogP contribution is -2.41. The van der Waals surface area contributed by atoms with Crippen LogP contribution in [0.5, 0.6) is 0 Å². The number of nitrogens with one attached hydrogen (secondary N) is 1. The summed E-state index contributed by atoms with van der Waals surface area (Å²) in [6.45, 7) is 1.32. The maximum atomic E-state index is 13.4. The van der Waals surface area contributed by atoms with Crippen molar-refractivity contribution in [2.24, 2.45) is 0 Å². The number of hydrogen-bond donors (Lipinski definition) is 1. The largest absolute Gasteiger partial charge is 0.378 e. The number of morpholine rings is 1. The molecule has 10 heteroatoms. The molecule has 8 nitrogen and oxygen atoms in total. The van der Waals surface area contributed by atoms with Crippen LogP contribution in [0.25, 0.3) is 0 Å². The molecule has 0 unspecified atom stereocenters. The summed E-state index contributed by atoms with van der Waals surface area (Å²) in [5, 5.41) is 3.15. The molecule has 0 atom stereocenters. The quantitative estimate of drug-likeness (QED) is 0.520. The number of benzene rings is 3. The second-order valence-corrected chi connectivity index (χ2v) is 10.1. The number of rotatable bonds is 7. The Labute approximate surface area is 209 Å². The third-order valence-electron chi connectivity index (χ3n) is 5.46. The number of halogens is 1. The Hall–Kier alpha value is -3.40. The Kier molecular flexibility index (Phi) is 7.70. The van der Waals surface area contributed by atoms with E-state index in [1.807, 2.05) is 0 Å². The molecule has 1 aliphatic rings. The van der Waals surface area contributed by atoms with E-state index >= 15 is 0 Å². The first-order valence-electron chi connectivity index (χ1n) is 11.0. The minimum absolute atomic E-state index is 0.0469. The number of hydrogen-bond acceptors (Lipinski definition) is 5. The lowest BCUT2D eigenvalue weighted by molar-refractivity contribution is -0.114. The Morgan fingerprint density at radius 2 is 1.54 bits per heavy atom. The summed E-state index contributed by atoms with van der Waals surface area (Å²) in [6, 6.07) is 20.7. The fraction of sp³-hybridized carbons (Fsp3) is 0.200. The van der Waals surface area contributed by atoms with Crippen LogP contribution in [-0.4, -0.2) is 58.0 Å². The van der Waals surface area contributed by atoms with Gasteiger partial charge in [0, 0.05) is 18.1 Å². The summed E-state index contributed by atoms with van der Waals surface area (Å²) >= 11 is 5.98. The second-order valence-electron chi connectivity index (χ2n) is 7.80. The molecule has 4 rings (SSSR count). The van der Waals surface area contributed by atoms with Crippen LogP contribution in [0.3, 0.4) is 0 Å².